The van der Waals surface area contributed by atoms with Gasteiger partial charge in [0.1, 0.15) is 18.1 Å². The van der Waals surface area contributed by atoms with Gasteiger partial charge in [0.15, 0.2) is 11.5 Å². The van der Waals surface area contributed by atoms with Crippen LogP contribution in [-0.4, -0.2) is 28.9 Å². The monoisotopic (exact) mass is 469 g/mol. The molecule has 1 aliphatic rings. The van der Waals surface area contributed by atoms with Gasteiger partial charge < -0.3 is 19.5 Å². The Morgan fingerprint density at radius 2 is 1.71 bits per heavy atom. The summed E-state index contributed by atoms with van der Waals surface area (Å²) in [7, 11) is 1.81. The maximum atomic E-state index is 13.2. The van der Waals surface area contributed by atoms with Crippen molar-refractivity contribution < 1.29 is 19.0 Å². The van der Waals surface area contributed by atoms with Crippen molar-refractivity contribution in [2.24, 2.45) is 7.05 Å². The van der Waals surface area contributed by atoms with Crippen LogP contribution >= 0.6 is 0 Å². The summed E-state index contributed by atoms with van der Waals surface area (Å²) in [5, 5.41) is 7.60. The maximum Gasteiger partial charge on any atom is 0.255 e. The van der Waals surface area contributed by atoms with Crippen molar-refractivity contribution in [1.29, 1.82) is 0 Å². The van der Waals surface area contributed by atoms with Gasteiger partial charge in [-0.3, -0.25) is 9.48 Å². The van der Waals surface area contributed by atoms with Crippen molar-refractivity contribution in [3.63, 3.8) is 0 Å². The fraction of sp³-hybridized carbons (Fsp3) is 0.214. The molecule has 2 heterocycles. The molecule has 0 saturated heterocycles. The molecular weight excluding hydrogens is 442 g/mol. The number of hydrogen-bond acceptors (Lipinski definition) is 5. The molecule has 178 valence electrons. The number of ether oxygens (including phenoxy) is 3. The highest BCUT2D eigenvalue weighted by atomic mass is 16.5. The van der Waals surface area contributed by atoms with Gasteiger partial charge in [0.2, 0.25) is 0 Å². The summed E-state index contributed by atoms with van der Waals surface area (Å²) in [6, 6.07) is 23.3. The fourth-order valence-corrected chi connectivity index (χ4v) is 4.00. The first-order chi connectivity index (χ1) is 17.2. The minimum Gasteiger partial charge on any atom is -0.490 e. The van der Waals surface area contributed by atoms with Gasteiger partial charge in [-0.15, -0.1) is 0 Å². The second kappa shape index (κ2) is 10.3. The van der Waals surface area contributed by atoms with E-state index < -0.39 is 0 Å². The lowest BCUT2D eigenvalue weighted by atomic mass is 10.1. The van der Waals surface area contributed by atoms with Crippen LogP contribution in [0.1, 0.15) is 27.9 Å². The van der Waals surface area contributed by atoms with Crippen LogP contribution in [-0.2, 0) is 20.2 Å². The third kappa shape index (κ3) is 5.30. The van der Waals surface area contributed by atoms with Crippen LogP contribution in [0.2, 0.25) is 0 Å². The number of benzene rings is 3. The van der Waals surface area contributed by atoms with Crippen LogP contribution in [0.3, 0.4) is 0 Å². The second-order valence-corrected chi connectivity index (χ2v) is 8.33. The third-order valence-corrected chi connectivity index (χ3v) is 5.79. The number of nitrogens with one attached hydrogen (secondary N) is 1. The highest BCUT2D eigenvalue weighted by molar-refractivity contribution is 5.99. The van der Waals surface area contributed by atoms with Gasteiger partial charge in [-0.1, -0.05) is 42.5 Å². The van der Waals surface area contributed by atoms with Gasteiger partial charge in [-0.2, -0.15) is 5.10 Å². The molecule has 0 unspecified atom stereocenters. The highest BCUT2D eigenvalue weighted by Gasteiger charge is 2.20. The van der Waals surface area contributed by atoms with E-state index in [0.717, 1.165) is 28.9 Å². The van der Waals surface area contributed by atoms with Crippen molar-refractivity contribution >= 4 is 5.91 Å². The quantitative estimate of drug-likeness (QED) is 0.423. The number of amides is 1. The number of hydrogen-bond donors (Lipinski definition) is 1. The molecule has 0 bridgehead atoms. The van der Waals surface area contributed by atoms with Crippen molar-refractivity contribution in [1.82, 2.24) is 15.1 Å². The van der Waals surface area contributed by atoms with E-state index in [1.807, 2.05) is 72.8 Å². The molecule has 0 radical (unpaired) electrons. The molecule has 7 heteroatoms. The predicted octanol–water partition coefficient (Wildman–Crippen LogP) is 4.76. The minimum atomic E-state index is -0.195. The van der Waals surface area contributed by atoms with Crippen molar-refractivity contribution in [2.45, 2.75) is 19.6 Å². The molecule has 3 aromatic carbocycles. The van der Waals surface area contributed by atoms with Gasteiger partial charge in [0.25, 0.3) is 5.91 Å². The molecule has 1 aliphatic heterocycles. The Kier molecular flexibility index (Phi) is 6.66. The SMILES string of the molecule is Cn1cc(C(=O)NCc2ccccc2COc2ccccc2)c(-c2ccc3c(c2)OCCCO3)n1. The number of aromatic nitrogens is 2. The molecule has 7 nitrogen and oxygen atoms in total. The molecule has 4 aromatic rings. The van der Waals surface area contributed by atoms with E-state index in [1.54, 1.807) is 17.9 Å². The Balaban J connectivity index is 1.31. The number of rotatable bonds is 7. The fourth-order valence-electron chi connectivity index (χ4n) is 4.00. The molecule has 1 N–H and O–H groups in total. The smallest absolute Gasteiger partial charge is 0.255 e. The Hall–Kier alpha value is -4.26. The minimum absolute atomic E-state index is 0.195. The van der Waals surface area contributed by atoms with E-state index >= 15 is 0 Å². The van der Waals surface area contributed by atoms with Gasteiger partial charge in [-0.25, -0.2) is 0 Å². The molecule has 0 atom stereocenters. The molecule has 35 heavy (non-hydrogen) atoms. The summed E-state index contributed by atoms with van der Waals surface area (Å²) in [6.07, 6.45) is 2.57. The zero-order valence-electron chi connectivity index (χ0n) is 19.6. The summed E-state index contributed by atoms with van der Waals surface area (Å²) in [5.74, 6) is 1.99. The largest absolute Gasteiger partial charge is 0.490 e. The third-order valence-electron chi connectivity index (χ3n) is 5.79. The number of carbonyl (C=O) groups excluding carboxylic acids is 1. The van der Waals surface area contributed by atoms with Gasteiger partial charge in [-0.05, 0) is 41.5 Å². The Morgan fingerprint density at radius 1 is 0.971 bits per heavy atom. The molecular formula is C28H27N3O4. The van der Waals surface area contributed by atoms with E-state index in [1.165, 1.54) is 0 Å². The number of nitrogens with zero attached hydrogens (tertiary/aromatic N) is 2. The Bertz CT molecular complexity index is 1320. The molecule has 0 saturated carbocycles. The van der Waals surface area contributed by atoms with Crippen molar-refractivity contribution in [3.05, 3.63) is 95.7 Å². The Morgan fingerprint density at radius 3 is 2.54 bits per heavy atom. The first-order valence-corrected chi connectivity index (χ1v) is 11.6. The molecule has 0 aliphatic carbocycles. The summed E-state index contributed by atoms with van der Waals surface area (Å²) in [5.41, 5.74) is 3.92. The zero-order valence-corrected chi connectivity index (χ0v) is 19.6. The average molecular weight is 470 g/mol. The van der Waals surface area contributed by atoms with Crippen LogP contribution in [0.25, 0.3) is 11.3 Å². The van der Waals surface area contributed by atoms with Crippen molar-refractivity contribution in [3.8, 4) is 28.5 Å². The van der Waals surface area contributed by atoms with Crippen LogP contribution in [0.5, 0.6) is 17.2 Å². The molecule has 0 fully saturated rings. The molecule has 0 spiro atoms. The van der Waals surface area contributed by atoms with E-state index in [9.17, 15) is 4.79 Å². The lowest BCUT2D eigenvalue weighted by Crippen LogP contribution is -2.23. The van der Waals surface area contributed by atoms with E-state index in [-0.39, 0.29) is 5.91 Å². The Labute approximate surface area is 204 Å². The lowest BCUT2D eigenvalue weighted by Gasteiger charge is -2.12. The van der Waals surface area contributed by atoms with Crippen LogP contribution < -0.4 is 19.5 Å². The first-order valence-electron chi connectivity index (χ1n) is 11.6. The number of aryl methyl sites for hydroxylation is 1. The highest BCUT2D eigenvalue weighted by Crippen LogP contribution is 2.34. The topological polar surface area (TPSA) is 74.6 Å². The predicted molar refractivity (Wildman–Crippen MR) is 133 cm³/mol. The number of para-hydroxylation sites is 1. The number of fused-ring (bicyclic) bond motifs is 1. The second-order valence-electron chi connectivity index (χ2n) is 8.33. The van der Waals surface area contributed by atoms with E-state index in [2.05, 4.69) is 10.4 Å². The lowest BCUT2D eigenvalue weighted by molar-refractivity contribution is 0.0951. The van der Waals surface area contributed by atoms with E-state index in [0.29, 0.717) is 49.1 Å². The molecule has 1 aromatic heterocycles. The van der Waals surface area contributed by atoms with E-state index in [4.69, 9.17) is 14.2 Å². The van der Waals surface area contributed by atoms with Gasteiger partial charge in [0, 0.05) is 31.8 Å². The average Bonchev–Trinajstić information content (AvgIpc) is 3.13. The maximum absolute atomic E-state index is 13.2. The van der Waals surface area contributed by atoms with Crippen molar-refractivity contribution in [2.75, 3.05) is 13.2 Å². The summed E-state index contributed by atoms with van der Waals surface area (Å²) in [4.78, 5) is 13.2. The number of carbonyl (C=O) groups is 1. The summed E-state index contributed by atoms with van der Waals surface area (Å²) < 4.78 is 19.1. The van der Waals surface area contributed by atoms with Crippen LogP contribution in [0.15, 0.2) is 79.0 Å². The molecule has 5 rings (SSSR count). The summed E-state index contributed by atoms with van der Waals surface area (Å²) >= 11 is 0. The van der Waals surface area contributed by atoms with Crippen LogP contribution in [0, 0.1) is 0 Å². The zero-order chi connectivity index (χ0) is 24.0. The standard InChI is InChI=1S/C28H27N3O4/c1-31-18-24(27(30-31)20-12-13-25-26(16-20)34-15-7-14-33-25)28(32)29-17-21-8-5-6-9-22(21)19-35-23-10-3-2-4-11-23/h2-6,8-13,16,18H,7,14-15,17,19H2,1H3,(H,29,32). The normalized spacial score (nSPS) is 12.6. The van der Waals surface area contributed by atoms with Gasteiger partial charge >= 0.3 is 0 Å². The van der Waals surface area contributed by atoms with Crippen LogP contribution in [0.4, 0.5) is 0 Å². The molecule has 1 amide bonds. The summed E-state index contributed by atoms with van der Waals surface area (Å²) in [6.45, 7) is 2.02. The van der Waals surface area contributed by atoms with Gasteiger partial charge in [0.05, 0.1) is 18.8 Å². The first kappa shape index (κ1) is 22.5.